The number of hydrogen-bond acceptors (Lipinski definition) is 3. The lowest BCUT2D eigenvalue weighted by atomic mass is 10.2. The maximum Gasteiger partial charge on any atom is 0.0701 e. The van der Waals surface area contributed by atoms with Gasteiger partial charge in [0.05, 0.1) is 12.7 Å². The minimum atomic E-state index is -2.31. The summed E-state index contributed by atoms with van der Waals surface area (Å²) in [7, 11) is -2.31. The van der Waals surface area contributed by atoms with Gasteiger partial charge >= 0.3 is 0 Å². The molecule has 90 valence electrons. The third-order valence-electron chi connectivity index (χ3n) is 2.63. The predicted octanol–water partition coefficient (Wildman–Crippen LogP) is -0.249. The molecule has 0 heterocycles. The van der Waals surface area contributed by atoms with Crippen molar-refractivity contribution in [1.29, 1.82) is 0 Å². The summed E-state index contributed by atoms with van der Waals surface area (Å²) in [6, 6.07) is 0. The van der Waals surface area contributed by atoms with Gasteiger partial charge in [0.1, 0.15) is 0 Å². The van der Waals surface area contributed by atoms with Crippen LogP contribution in [-0.2, 0) is 9.71 Å². The SMILES string of the molecule is CC(O)CNS(=O)(=CCO)CC1(C)CC1. The molecule has 0 aromatic heterocycles. The molecule has 2 atom stereocenters. The van der Waals surface area contributed by atoms with Gasteiger partial charge in [-0.15, -0.1) is 0 Å². The number of aliphatic hydroxyl groups excluding tert-OH is 2. The van der Waals surface area contributed by atoms with Crippen molar-refractivity contribution < 1.29 is 14.4 Å². The highest BCUT2D eigenvalue weighted by molar-refractivity contribution is 7.99. The molecule has 0 amide bonds. The van der Waals surface area contributed by atoms with Gasteiger partial charge < -0.3 is 10.2 Å². The molecule has 0 aromatic carbocycles. The van der Waals surface area contributed by atoms with E-state index in [1.165, 1.54) is 5.37 Å². The summed E-state index contributed by atoms with van der Waals surface area (Å²) in [6.07, 6.45) is 1.67. The molecule has 15 heavy (non-hydrogen) atoms. The van der Waals surface area contributed by atoms with E-state index >= 15 is 0 Å². The lowest BCUT2D eigenvalue weighted by molar-refractivity contribution is 0.199. The molecule has 4 nitrogen and oxygen atoms in total. The van der Waals surface area contributed by atoms with Crippen molar-refractivity contribution in [2.75, 3.05) is 18.9 Å². The molecule has 1 aliphatic rings. The van der Waals surface area contributed by atoms with Crippen LogP contribution in [0.3, 0.4) is 0 Å². The molecule has 0 spiro atoms. The Morgan fingerprint density at radius 2 is 2.20 bits per heavy atom. The second kappa shape index (κ2) is 4.82. The van der Waals surface area contributed by atoms with Crippen LogP contribution in [0.15, 0.2) is 0 Å². The minimum Gasteiger partial charge on any atom is -0.392 e. The number of rotatable bonds is 6. The molecule has 2 unspecified atom stereocenters. The van der Waals surface area contributed by atoms with Crippen LogP contribution in [0.1, 0.15) is 26.7 Å². The van der Waals surface area contributed by atoms with E-state index in [1.54, 1.807) is 6.92 Å². The van der Waals surface area contributed by atoms with Crippen LogP contribution < -0.4 is 4.72 Å². The number of nitrogens with one attached hydrogen (secondary N) is 1. The summed E-state index contributed by atoms with van der Waals surface area (Å²) in [5, 5.41) is 19.4. The van der Waals surface area contributed by atoms with Crippen molar-refractivity contribution in [3.8, 4) is 0 Å². The molecule has 0 bridgehead atoms. The minimum absolute atomic E-state index is 0.161. The van der Waals surface area contributed by atoms with Crippen molar-refractivity contribution in [3.05, 3.63) is 0 Å². The van der Waals surface area contributed by atoms with Gasteiger partial charge in [0.25, 0.3) is 0 Å². The zero-order chi connectivity index (χ0) is 11.5. The Kier molecular flexibility index (Phi) is 4.17. The molecule has 0 aromatic rings. The third-order valence-corrected chi connectivity index (χ3v) is 5.10. The molecule has 3 N–H and O–H groups in total. The van der Waals surface area contributed by atoms with Crippen molar-refractivity contribution in [3.63, 3.8) is 0 Å². The van der Waals surface area contributed by atoms with Crippen molar-refractivity contribution in [1.82, 2.24) is 4.72 Å². The van der Waals surface area contributed by atoms with Gasteiger partial charge in [0.15, 0.2) is 0 Å². The summed E-state index contributed by atoms with van der Waals surface area (Å²) < 4.78 is 15.2. The topological polar surface area (TPSA) is 69.6 Å². The molecule has 0 saturated heterocycles. The highest BCUT2D eigenvalue weighted by atomic mass is 32.2. The summed E-state index contributed by atoms with van der Waals surface area (Å²) in [5.41, 5.74) is 0.161. The normalized spacial score (nSPS) is 24.3. The quantitative estimate of drug-likeness (QED) is 0.556. The van der Waals surface area contributed by atoms with E-state index in [9.17, 15) is 4.21 Å². The van der Waals surface area contributed by atoms with Gasteiger partial charge in [-0.25, -0.2) is 4.72 Å². The Morgan fingerprint density at radius 3 is 2.60 bits per heavy atom. The van der Waals surface area contributed by atoms with Crippen LogP contribution in [0.2, 0.25) is 0 Å². The van der Waals surface area contributed by atoms with E-state index < -0.39 is 15.8 Å². The van der Waals surface area contributed by atoms with E-state index in [1.807, 2.05) is 0 Å². The first kappa shape index (κ1) is 13.0. The molecule has 0 aliphatic heterocycles. The molecule has 0 radical (unpaired) electrons. The second-order valence-corrected chi connectivity index (χ2v) is 7.09. The standard InChI is InChI=1S/C10H21NO3S/c1-9(13)7-11-15(14,6-5-12)8-10(2)3-4-10/h6,9,12-13H,3-5,7-8H2,1-2H3,(H,11,14). The second-order valence-electron chi connectivity index (χ2n) is 4.73. The average molecular weight is 235 g/mol. The Labute approximate surface area is 91.8 Å². The van der Waals surface area contributed by atoms with E-state index in [0.717, 1.165) is 12.8 Å². The first-order chi connectivity index (χ1) is 6.89. The first-order valence-electron chi connectivity index (χ1n) is 5.28. The van der Waals surface area contributed by atoms with E-state index in [0.29, 0.717) is 12.3 Å². The molecular weight excluding hydrogens is 214 g/mol. The van der Waals surface area contributed by atoms with E-state index in [4.69, 9.17) is 10.2 Å². The molecule has 5 heteroatoms. The van der Waals surface area contributed by atoms with Crippen LogP contribution in [0.4, 0.5) is 0 Å². The Hall–Kier alpha value is -0.100. The van der Waals surface area contributed by atoms with E-state index in [-0.39, 0.29) is 12.0 Å². The molecule has 1 rings (SSSR count). The fourth-order valence-electron chi connectivity index (χ4n) is 1.43. The van der Waals surface area contributed by atoms with Gasteiger partial charge in [0.2, 0.25) is 0 Å². The van der Waals surface area contributed by atoms with Crippen LogP contribution >= 0.6 is 0 Å². The van der Waals surface area contributed by atoms with Crippen LogP contribution in [-0.4, -0.2) is 44.8 Å². The van der Waals surface area contributed by atoms with Gasteiger partial charge in [-0.05, 0) is 25.2 Å². The Morgan fingerprint density at radius 1 is 1.60 bits per heavy atom. The Balaban J connectivity index is 2.62. The summed E-state index contributed by atoms with van der Waals surface area (Å²) in [6.45, 7) is 3.85. The number of hydrogen-bond donors (Lipinski definition) is 3. The third kappa shape index (κ3) is 4.51. The number of aliphatic hydroxyl groups is 2. The highest BCUT2D eigenvalue weighted by Crippen LogP contribution is 2.45. The fourth-order valence-corrected chi connectivity index (χ4v) is 3.85. The molecule has 1 fully saturated rings. The van der Waals surface area contributed by atoms with Crippen molar-refractivity contribution >= 4 is 15.1 Å². The molecule has 1 saturated carbocycles. The predicted molar refractivity (Wildman–Crippen MR) is 63.2 cm³/mol. The van der Waals surface area contributed by atoms with E-state index in [2.05, 4.69) is 11.6 Å². The van der Waals surface area contributed by atoms with Crippen molar-refractivity contribution in [2.24, 2.45) is 5.41 Å². The van der Waals surface area contributed by atoms with Crippen LogP contribution in [0, 0.1) is 5.41 Å². The van der Waals surface area contributed by atoms with Gasteiger partial charge in [-0.1, -0.05) is 6.92 Å². The van der Waals surface area contributed by atoms with Crippen LogP contribution in [0.25, 0.3) is 0 Å². The maximum atomic E-state index is 12.3. The lowest BCUT2D eigenvalue weighted by Gasteiger charge is -2.17. The first-order valence-corrected chi connectivity index (χ1v) is 7.07. The summed E-state index contributed by atoms with van der Waals surface area (Å²) in [4.78, 5) is 0. The average Bonchev–Trinajstić information content (AvgIpc) is 2.80. The lowest BCUT2D eigenvalue weighted by Crippen LogP contribution is -2.36. The monoisotopic (exact) mass is 235 g/mol. The summed E-state index contributed by atoms with van der Waals surface area (Å²) >= 11 is 0. The zero-order valence-corrected chi connectivity index (χ0v) is 10.2. The Bertz CT molecular complexity index is 315. The zero-order valence-electron chi connectivity index (χ0n) is 9.40. The van der Waals surface area contributed by atoms with Crippen LogP contribution in [0.5, 0.6) is 0 Å². The fraction of sp³-hybridized carbons (Fsp3) is 0.900. The molecular formula is C10H21NO3S. The van der Waals surface area contributed by atoms with Crippen molar-refractivity contribution in [2.45, 2.75) is 32.8 Å². The van der Waals surface area contributed by atoms with Gasteiger partial charge in [0, 0.05) is 27.4 Å². The maximum absolute atomic E-state index is 12.3. The summed E-state index contributed by atoms with van der Waals surface area (Å²) in [5.74, 6) is 0.563. The smallest absolute Gasteiger partial charge is 0.0701 e. The van der Waals surface area contributed by atoms with Gasteiger partial charge in [-0.3, -0.25) is 4.21 Å². The molecule has 1 aliphatic carbocycles. The van der Waals surface area contributed by atoms with Gasteiger partial charge in [-0.2, -0.15) is 0 Å². The highest BCUT2D eigenvalue weighted by Gasteiger charge is 2.39. The largest absolute Gasteiger partial charge is 0.392 e.